The fraction of sp³-hybridized carbons (Fsp3) is 0.214. The van der Waals surface area contributed by atoms with E-state index in [1.54, 1.807) is 49.8 Å². The quantitative estimate of drug-likeness (QED) is 0.835. The molecule has 1 aromatic heterocycles. The average molecular weight is 345 g/mol. The van der Waals surface area contributed by atoms with E-state index in [9.17, 15) is 8.42 Å². The molecule has 0 aliphatic rings. The Morgan fingerprint density at radius 3 is 2.33 bits per heavy atom. The van der Waals surface area contributed by atoms with Crippen LogP contribution in [0.25, 0.3) is 0 Å². The van der Waals surface area contributed by atoms with Gasteiger partial charge in [0, 0.05) is 26.0 Å². The van der Waals surface area contributed by atoms with Crippen LogP contribution in [-0.4, -0.2) is 24.8 Å². The molecule has 2 rings (SSSR count). The summed E-state index contributed by atoms with van der Waals surface area (Å²) in [6, 6.07) is 8.39. The third-order valence-electron chi connectivity index (χ3n) is 2.96. The van der Waals surface area contributed by atoms with Gasteiger partial charge in [0.25, 0.3) is 0 Å². The molecule has 0 atom stereocenters. The van der Waals surface area contributed by atoms with Crippen molar-refractivity contribution in [3.63, 3.8) is 0 Å². The Morgan fingerprint density at radius 1 is 1.05 bits per heavy atom. The first kappa shape index (κ1) is 16.2. The highest BCUT2D eigenvalue weighted by Crippen LogP contribution is 2.24. The van der Waals surface area contributed by atoms with E-state index in [1.807, 2.05) is 0 Å². The number of pyridine rings is 1. The smallest absolute Gasteiger partial charge is 0.218 e. The zero-order chi connectivity index (χ0) is 15.5. The molecule has 0 bridgehead atoms. The lowest BCUT2D eigenvalue weighted by molar-refractivity contribution is 0.465. The molecule has 7 heteroatoms. The minimum Gasteiger partial charge on any atom is -0.265 e. The first-order valence-electron chi connectivity index (χ1n) is 6.15. The molecule has 0 saturated heterocycles. The number of benzene rings is 1. The van der Waals surface area contributed by atoms with Gasteiger partial charge in [0.1, 0.15) is 0 Å². The van der Waals surface area contributed by atoms with Crippen molar-refractivity contribution in [3.05, 3.63) is 63.9 Å². The maximum atomic E-state index is 12.3. The Balaban J connectivity index is 2.12. The second-order valence-electron chi connectivity index (χ2n) is 4.62. The molecule has 21 heavy (non-hydrogen) atoms. The summed E-state index contributed by atoms with van der Waals surface area (Å²) >= 11 is 11.7. The Bertz CT molecular complexity index is 721. The van der Waals surface area contributed by atoms with Crippen LogP contribution in [0.4, 0.5) is 0 Å². The van der Waals surface area contributed by atoms with Crippen molar-refractivity contribution in [1.82, 2.24) is 9.29 Å². The predicted octanol–water partition coefficient (Wildman–Crippen LogP) is 3.35. The summed E-state index contributed by atoms with van der Waals surface area (Å²) in [7, 11) is -1.88. The SMILES string of the molecule is CN(Cc1ccncc1)S(=O)(=O)Cc1ccc(Cl)c(Cl)c1. The van der Waals surface area contributed by atoms with Gasteiger partial charge in [-0.1, -0.05) is 29.3 Å². The fourth-order valence-corrected chi connectivity index (χ4v) is 3.28. The van der Waals surface area contributed by atoms with Crippen molar-refractivity contribution < 1.29 is 8.42 Å². The highest BCUT2D eigenvalue weighted by molar-refractivity contribution is 7.88. The summed E-state index contributed by atoms with van der Waals surface area (Å²) in [6.45, 7) is 0.298. The Kier molecular flexibility index (Phi) is 5.22. The van der Waals surface area contributed by atoms with Gasteiger partial charge in [-0.15, -0.1) is 0 Å². The van der Waals surface area contributed by atoms with Gasteiger partial charge in [0.05, 0.1) is 15.8 Å². The van der Waals surface area contributed by atoms with E-state index in [0.29, 0.717) is 22.2 Å². The zero-order valence-corrected chi connectivity index (χ0v) is 13.7. The van der Waals surface area contributed by atoms with Crippen LogP contribution in [0.1, 0.15) is 11.1 Å². The normalized spacial score (nSPS) is 11.8. The third-order valence-corrected chi connectivity index (χ3v) is 5.48. The van der Waals surface area contributed by atoms with Crippen LogP contribution in [-0.2, 0) is 22.3 Å². The zero-order valence-electron chi connectivity index (χ0n) is 11.3. The molecule has 0 unspecified atom stereocenters. The molecule has 0 N–H and O–H groups in total. The molecule has 4 nitrogen and oxygen atoms in total. The third kappa shape index (κ3) is 4.41. The summed E-state index contributed by atoms with van der Waals surface area (Å²) in [4.78, 5) is 3.91. The number of hydrogen-bond donors (Lipinski definition) is 0. The summed E-state index contributed by atoms with van der Waals surface area (Å²) in [6.07, 6.45) is 3.27. The van der Waals surface area contributed by atoms with Crippen LogP contribution in [0.15, 0.2) is 42.7 Å². The van der Waals surface area contributed by atoms with Crippen LogP contribution in [0, 0.1) is 0 Å². The van der Waals surface area contributed by atoms with Gasteiger partial charge in [-0.05, 0) is 35.4 Å². The molecule has 0 radical (unpaired) electrons. The van der Waals surface area contributed by atoms with Crippen molar-refractivity contribution in [2.45, 2.75) is 12.3 Å². The second kappa shape index (κ2) is 6.75. The first-order chi connectivity index (χ1) is 9.88. The lowest BCUT2D eigenvalue weighted by Gasteiger charge is -2.17. The molecule has 0 saturated carbocycles. The van der Waals surface area contributed by atoms with E-state index < -0.39 is 10.0 Å². The molecule has 0 aliphatic carbocycles. The lowest BCUT2D eigenvalue weighted by atomic mass is 10.2. The summed E-state index contributed by atoms with van der Waals surface area (Å²) < 4.78 is 26.0. The van der Waals surface area contributed by atoms with Crippen molar-refractivity contribution in [1.29, 1.82) is 0 Å². The molecule has 0 fully saturated rings. The molecule has 1 aromatic carbocycles. The minimum absolute atomic E-state index is 0.120. The van der Waals surface area contributed by atoms with E-state index in [1.165, 1.54) is 4.31 Å². The van der Waals surface area contributed by atoms with E-state index in [0.717, 1.165) is 5.56 Å². The Labute approximate surface area is 134 Å². The van der Waals surface area contributed by atoms with Crippen molar-refractivity contribution in [3.8, 4) is 0 Å². The number of hydrogen-bond acceptors (Lipinski definition) is 3. The van der Waals surface area contributed by atoms with Crippen LogP contribution in [0.2, 0.25) is 10.0 Å². The van der Waals surface area contributed by atoms with Crippen LogP contribution < -0.4 is 0 Å². The predicted molar refractivity (Wildman–Crippen MR) is 84.8 cm³/mol. The van der Waals surface area contributed by atoms with Crippen molar-refractivity contribution in [2.24, 2.45) is 0 Å². The monoisotopic (exact) mass is 344 g/mol. The van der Waals surface area contributed by atoms with Gasteiger partial charge in [0.2, 0.25) is 10.0 Å². The fourth-order valence-electron chi connectivity index (χ4n) is 1.79. The standard InChI is InChI=1S/C14H14Cl2N2O2S/c1-18(9-11-4-6-17-7-5-11)21(19,20)10-12-2-3-13(15)14(16)8-12/h2-8H,9-10H2,1H3. The second-order valence-corrected chi connectivity index (χ2v) is 7.51. The van der Waals surface area contributed by atoms with Gasteiger partial charge >= 0.3 is 0 Å². The van der Waals surface area contributed by atoms with Gasteiger partial charge < -0.3 is 0 Å². The van der Waals surface area contributed by atoms with E-state index >= 15 is 0 Å². The average Bonchev–Trinajstić information content (AvgIpc) is 2.43. The molecule has 0 amide bonds. The molecule has 1 heterocycles. The van der Waals surface area contributed by atoms with Gasteiger partial charge in [-0.3, -0.25) is 4.98 Å². The van der Waals surface area contributed by atoms with Gasteiger partial charge in [-0.25, -0.2) is 12.7 Å². The lowest BCUT2D eigenvalue weighted by Crippen LogP contribution is -2.27. The summed E-state index contributed by atoms with van der Waals surface area (Å²) in [5.74, 6) is -0.120. The molecular weight excluding hydrogens is 331 g/mol. The largest absolute Gasteiger partial charge is 0.265 e. The van der Waals surface area contributed by atoms with Gasteiger partial charge in [0.15, 0.2) is 0 Å². The molecule has 2 aromatic rings. The topological polar surface area (TPSA) is 50.3 Å². The Morgan fingerprint density at radius 2 is 1.71 bits per heavy atom. The van der Waals surface area contributed by atoms with Crippen molar-refractivity contribution >= 4 is 33.2 Å². The molecule has 112 valence electrons. The molecular formula is C14H14Cl2N2O2S. The highest BCUT2D eigenvalue weighted by Gasteiger charge is 2.19. The van der Waals surface area contributed by atoms with Crippen LogP contribution >= 0.6 is 23.2 Å². The van der Waals surface area contributed by atoms with E-state index in [4.69, 9.17) is 23.2 Å². The van der Waals surface area contributed by atoms with E-state index in [-0.39, 0.29) is 5.75 Å². The minimum atomic E-state index is -3.43. The molecule has 0 spiro atoms. The summed E-state index contributed by atoms with van der Waals surface area (Å²) in [5.41, 5.74) is 1.48. The maximum absolute atomic E-state index is 12.3. The van der Waals surface area contributed by atoms with Crippen molar-refractivity contribution in [2.75, 3.05) is 7.05 Å². The van der Waals surface area contributed by atoms with Gasteiger partial charge in [-0.2, -0.15) is 0 Å². The molecule has 0 aliphatic heterocycles. The number of aromatic nitrogens is 1. The van der Waals surface area contributed by atoms with Crippen LogP contribution in [0.5, 0.6) is 0 Å². The number of halogens is 2. The highest BCUT2D eigenvalue weighted by atomic mass is 35.5. The van der Waals surface area contributed by atoms with E-state index in [2.05, 4.69) is 4.98 Å². The first-order valence-corrected chi connectivity index (χ1v) is 8.52. The Hall–Kier alpha value is -1.14. The van der Waals surface area contributed by atoms with Crippen LogP contribution in [0.3, 0.4) is 0 Å². The summed E-state index contributed by atoms with van der Waals surface area (Å²) in [5, 5.41) is 0.754. The number of sulfonamides is 1. The number of rotatable bonds is 5. The maximum Gasteiger partial charge on any atom is 0.218 e. The number of nitrogens with zero attached hydrogens (tertiary/aromatic N) is 2.